The number of oxazole rings is 1. The first-order valence-corrected chi connectivity index (χ1v) is 4.88. The van der Waals surface area contributed by atoms with Crippen molar-refractivity contribution in [3.05, 3.63) is 17.3 Å². The fourth-order valence-corrected chi connectivity index (χ4v) is 1.66. The molecule has 0 fully saturated rings. The summed E-state index contributed by atoms with van der Waals surface area (Å²) in [5, 5.41) is 3.29. The van der Waals surface area contributed by atoms with Crippen LogP contribution in [0, 0.1) is 5.92 Å². The molecule has 1 atom stereocenters. The van der Waals surface area contributed by atoms with Gasteiger partial charge in [0.05, 0.1) is 11.7 Å². The monoisotopic (exact) mass is 180 g/mol. The molecule has 1 aliphatic rings. The predicted molar refractivity (Wildman–Crippen MR) is 50.3 cm³/mol. The molecule has 2 rings (SSSR count). The lowest BCUT2D eigenvalue weighted by atomic mass is 10.1. The van der Waals surface area contributed by atoms with Crippen molar-refractivity contribution in [1.82, 2.24) is 10.3 Å². The summed E-state index contributed by atoms with van der Waals surface area (Å²) in [6.07, 6.45) is 0.944. The van der Waals surface area contributed by atoms with Crippen LogP contribution in [0.25, 0.3) is 0 Å². The first kappa shape index (κ1) is 8.75. The van der Waals surface area contributed by atoms with E-state index in [2.05, 4.69) is 31.1 Å². The molecule has 1 aromatic heterocycles. The highest BCUT2D eigenvalue weighted by Crippen LogP contribution is 2.26. The Balaban J connectivity index is 2.19. The number of nitrogens with one attached hydrogen (secondary N) is 1. The van der Waals surface area contributed by atoms with Gasteiger partial charge in [0.2, 0.25) is 0 Å². The van der Waals surface area contributed by atoms with Crippen LogP contribution in [0.15, 0.2) is 4.42 Å². The van der Waals surface area contributed by atoms with E-state index in [1.54, 1.807) is 0 Å². The lowest BCUT2D eigenvalue weighted by Gasteiger charge is -2.02. The Morgan fingerprint density at radius 2 is 2.38 bits per heavy atom. The Morgan fingerprint density at radius 1 is 1.62 bits per heavy atom. The maximum atomic E-state index is 5.68. The minimum Gasteiger partial charge on any atom is -0.444 e. The van der Waals surface area contributed by atoms with Crippen molar-refractivity contribution in [2.75, 3.05) is 0 Å². The minimum absolute atomic E-state index is 0.336. The molecule has 0 aliphatic carbocycles. The minimum atomic E-state index is 0.336. The molecule has 0 amide bonds. The van der Waals surface area contributed by atoms with Gasteiger partial charge in [-0.25, -0.2) is 4.98 Å². The van der Waals surface area contributed by atoms with Crippen molar-refractivity contribution in [2.24, 2.45) is 5.92 Å². The smallest absolute Gasteiger partial charge is 0.195 e. The highest BCUT2D eigenvalue weighted by Gasteiger charge is 2.24. The molecule has 3 heteroatoms. The molecule has 0 saturated heterocycles. The van der Waals surface area contributed by atoms with E-state index in [9.17, 15) is 0 Å². The average Bonchev–Trinajstić information content (AvgIpc) is 2.53. The van der Waals surface area contributed by atoms with E-state index in [-0.39, 0.29) is 0 Å². The van der Waals surface area contributed by atoms with Crippen LogP contribution in [0.2, 0.25) is 0 Å². The number of aromatic nitrogens is 1. The largest absolute Gasteiger partial charge is 0.444 e. The van der Waals surface area contributed by atoms with Gasteiger partial charge < -0.3 is 9.73 Å². The van der Waals surface area contributed by atoms with Crippen molar-refractivity contribution < 1.29 is 4.42 Å². The number of fused-ring (bicyclic) bond motifs is 1. The third-order valence-corrected chi connectivity index (χ3v) is 2.32. The van der Waals surface area contributed by atoms with E-state index in [1.807, 2.05) is 0 Å². The molecule has 72 valence electrons. The summed E-state index contributed by atoms with van der Waals surface area (Å²) in [5.41, 5.74) is 1.10. The SMILES string of the molecule is CC(C)Cc1nc2c(o1)C(C)NC2. The van der Waals surface area contributed by atoms with Gasteiger partial charge in [-0.2, -0.15) is 0 Å². The van der Waals surface area contributed by atoms with Gasteiger partial charge in [0.15, 0.2) is 5.89 Å². The van der Waals surface area contributed by atoms with Crippen molar-refractivity contribution in [1.29, 1.82) is 0 Å². The van der Waals surface area contributed by atoms with Crippen LogP contribution < -0.4 is 5.32 Å². The van der Waals surface area contributed by atoms with Gasteiger partial charge >= 0.3 is 0 Å². The van der Waals surface area contributed by atoms with Crippen LogP contribution in [-0.2, 0) is 13.0 Å². The zero-order valence-corrected chi connectivity index (χ0v) is 8.42. The highest BCUT2D eigenvalue weighted by molar-refractivity contribution is 5.18. The zero-order valence-electron chi connectivity index (χ0n) is 8.42. The van der Waals surface area contributed by atoms with E-state index in [0.717, 1.165) is 30.3 Å². The molecule has 3 nitrogen and oxygen atoms in total. The summed E-state index contributed by atoms with van der Waals surface area (Å²) in [6, 6.07) is 0.336. The van der Waals surface area contributed by atoms with Gasteiger partial charge in [-0.1, -0.05) is 13.8 Å². The van der Waals surface area contributed by atoms with Gasteiger partial charge in [0, 0.05) is 13.0 Å². The Kier molecular flexibility index (Phi) is 2.12. The second kappa shape index (κ2) is 3.14. The Hall–Kier alpha value is -0.830. The molecule has 0 radical (unpaired) electrons. The number of nitrogens with zero attached hydrogens (tertiary/aromatic N) is 1. The van der Waals surface area contributed by atoms with Gasteiger partial charge in [-0.3, -0.25) is 0 Å². The molecule has 2 heterocycles. The van der Waals surface area contributed by atoms with Gasteiger partial charge in [0.25, 0.3) is 0 Å². The molecule has 1 aromatic rings. The molecule has 0 bridgehead atoms. The maximum Gasteiger partial charge on any atom is 0.195 e. The maximum absolute atomic E-state index is 5.68. The van der Waals surface area contributed by atoms with Crippen LogP contribution in [0.3, 0.4) is 0 Å². The van der Waals surface area contributed by atoms with Crippen molar-refractivity contribution in [3.8, 4) is 0 Å². The summed E-state index contributed by atoms with van der Waals surface area (Å²) >= 11 is 0. The standard InChI is InChI=1S/C10H16N2O/c1-6(2)4-9-12-8-5-11-7(3)10(8)13-9/h6-7,11H,4-5H2,1-3H3. The normalized spacial score (nSPS) is 21.1. The molecule has 0 spiro atoms. The topological polar surface area (TPSA) is 38.1 Å². The van der Waals surface area contributed by atoms with E-state index >= 15 is 0 Å². The van der Waals surface area contributed by atoms with Gasteiger partial charge in [-0.15, -0.1) is 0 Å². The summed E-state index contributed by atoms with van der Waals surface area (Å²) in [6.45, 7) is 7.32. The van der Waals surface area contributed by atoms with E-state index < -0.39 is 0 Å². The Morgan fingerprint density at radius 3 is 3.00 bits per heavy atom. The highest BCUT2D eigenvalue weighted by atomic mass is 16.4. The second-order valence-corrected chi connectivity index (χ2v) is 4.12. The fraction of sp³-hybridized carbons (Fsp3) is 0.700. The lowest BCUT2D eigenvalue weighted by Crippen LogP contribution is -2.08. The molecule has 0 saturated carbocycles. The Labute approximate surface area is 78.5 Å². The second-order valence-electron chi connectivity index (χ2n) is 4.12. The molecule has 1 aliphatic heterocycles. The quantitative estimate of drug-likeness (QED) is 0.756. The number of rotatable bonds is 2. The van der Waals surface area contributed by atoms with Crippen molar-refractivity contribution in [3.63, 3.8) is 0 Å². The summed E-state index contributed by atoms with van der Waals surface area (Å²) in [7, 11) is 0. The van der Waals surface area contributed by atoms with Crippen molar-refractivity contribution >= 4 is 0 Å². The Bertz CT molecular complexity index is 304. The third kappa shape index (κ3) is 1.61. The lowest BCUT2D eigenvalue weighted by molar-refractivity contribution is 0.400. The molecule has 13 heavy (non-hydrogen) atoms. The molecule has 0 aromatic carbocycles. The van der Waals surface area contributed by atoms with Crippen LogP contribution in [0.5, 0.6) is 0 Å². The van der Waals surface area contributed by atoms with Crippen molar-refractivity contribution in [2.45, 2.75) is 39.8 Å². The number of hydrogen-bond acceptors (Lipinski definition) is 3. The van der Waals surface area contributed by atoms with Crippen LogP contribution in [0.4, 0.5) is 0 Å². The van der Waals surface area contributed by atoms with Crippen LogP contribution >= 0.6 is 0 Å². The van der Waals surface area contributed by atoms with Gasteiger partial charge in [-0.05, 0) is 12.8 Å². The predicted octanol–water partition coefficient (Wildman–Crippen LogP) is 2.04. The molecule has 1 unspecified atom stereocenters. The van der Waals surface area contributed by atoms with Gasteiger partial charge in [0.1, 0.15) is 5.76 Å². The average molecular weight is 180 g/mol. The molecule has 1 N–H and O–H groups in total. The molecular weight excluding hydrogens is 164 g/mol. The molecular formula is C10H16N2O. The summed E-state index contributed by atoms with van der Waals surface area (Å²) in [5.74, 6) is 2.55. The summed E-state index contributed by atoms with van der Waals surface area (Å²) in [4.78, 5) is 4.45. The third-order valence-electron chi connectivity index (χ3n) is 2.32. The number of hydrogen-bond donors (Lipinski definition) is 1. The zero-order chi connectivity index (χ0) is 9.42. The summed E-state index contributed by atoms with van der Waals surface area (Å²) < 4.78 is 5.68. The fourth-order valence-electron chi connectivity index (χ4n) is 1.66. The van der Waals surface area contributed by atoms with E-state index in [1.165, 1.54) is 0 Å². The van der Waals surface area contributed by atoms with E-state index in [4.69, 9.17) is 4.42 Å². The first-order chi connectivity index (χ1) is 6.16. The van der Waals surface area contributed by atoms with E-state index in [0.29, 0.717) is 12.0 Å². The van der Waals surface area contributed by atoms with Crippen LogP contribution in [-0.4, -0.2) is 4.98 Å². The first-order valence-electron chi connectivity index (χ1n) is 4.88. The van der Waals surface area contributed by atoms with Crippen LogP contribution in [0.1, 0.15) is 44.2 Å².